The molecule has 0 unspecified atom stereocenters. The number of hydrogen-bond acceptors (Lipinski definition) is 4. The summed E-state index contributed by atoms with van der Waals surface area (Å²) in [6.45, 7) is 2.04. The Labute approximate surface area is 64.5 Å². The van der Waals surface area contributed by atoms with E-state index in [4.69, 9.17) is 0 Å². The first-order valence-electron chi connectivity index (χ1n) is 3.60. The van der Waals surface area contributed by atoms with Crippen LogP contribution in [-0.4, -0.2) is 24.6 Å². The average Bonchev–Trinajstić information content (AvgIpc) is 2.36. The minimum absolute atomic E-state index is 0.317. The van der Waals surface area contributed by atoms with E-state index in [1.165, 1.54) is 0 Å². The number of hydrogen-bond donors (Lipinski definition) is 0. The van der Waals surface area contributed by atoms with Gasteiger partial charge in [-0.05, 0) is 6.92 Å². The van der Waals surface area contributed by atoms with Crippen molar-refractivity contribution in [2.75, 3.05) is 6.61 Å². The van der Waals surface area contributed by atoms with Crippen LogP contribution in [0.5, 0.6) is 0 Å². The minimum atomic E-state index is -0.651. The highest BCUT2D eigenvalue weighted by atomic mass is 16.6. The summed E-state index contributed by atoms with van der Waals surface area (Å²) in [6, 6.07) is 0. The second-order valence-corrected chi connectivity index (χ2v) is 2.27. The molecule has 0 radical (unpaired) electrons. The van der Waals surface area contributed by atoms with Gasteiger partial charge in [0.1, 0.15) is 0 Å². The molecule has 4 nitrogen and oxygen atoms in total. The van der Waals surface area contributed by atoms with Gasteiger partial charge in [0.15, 0.2) is 6.10 Å². The Balaban J connectivity index is 2.37. The fraction of sp³-hybridized carbons (Fsp3) is 0.714. The Bertz CT molecular complexity index is 175. The first-order chi connectivity index (χ1) is 5.24. The fourth-order valence-corrected chi connectivity index (χ4v) is 0.927. The van der Waals surface area contributed by atoms with Crippen molar-refractivity contribution in [3.8, 4) is 0 Å². The molecule has 0 aliphatic carbocycles. The highest BCUT2D eigenvalue weighted by Gasteiger charge is 2.30. The molecule has 0 bridgehead atoms. The van der Waals surface area contributed by atoms with Crippen molar-refractivity contribution in [2.45, 2.75) is 25.9 Å². The van der Waals surface area contributed by atoms with Gasteiger partial charge in [-0.1, -0.05) is 0 Å². The third-order valence-electron chi connectivity index (χ3n) is 1.43. The van der Waals surface area contributed by atoms with Crippen molar-refractivity contribution in [3.63, 3.8) is 0 Å². The lowest BCUT2D eigenvalue weighted by Crippen LogP contribution is -2.22. The van der Waals surface area contributed by atoms with Gasteiger partial charge in [-0.2, -0.15) is 0 Å². The molecule has 1 fully saturated rings. The minimum Gasteiger partial charge on any atom is -0.463 e. The molecule has 1 heterocycles. The molecule has 1 saturated heterocycles. The summed E-state index contributed by atoms with van der Waals surface area (Å²) in [7, 11) is 0. The maximum absolute atomic E-state index is 10.9. The molecule has 11 heavy (non-hydrogen) atoms. The van der Waals surface area contributed by atoms with Crippen LogP contribution in [0.4, 0.5) is 0 Å². The summed E-state index contributed by atoms with van der Waals surface area (Å²) in [5, 5.41) is 0. The molecule has 0 spiro atoms. The van der Waals surface area contributed by atoms with Crippen LogP contribution in [0.25, 0.3) is 0 Å². The normalized spacial score (nSPS) is 23.0. The van der Waals surface area contributed by atoms with E-state index >= 15 is 0 Å². The van der Waals surface area contributed by atoms with E-state index in [9.17, 15) is 9.59 Å². The van der Waals surface area contributed by atoms with Gasteiger partial charge in [0.05, 0.1) is 6.61 Å². The molecule has 0 aromatic carbocycles. The molecule has 0 saturated carbocycles. The van der Waals surface area contributed by atoms with E-state index in [1.54, 1.807) is 6.92 Å². The third kappa shape index (κ3) is 1.93. The molecule has 1 aliphatic rings. The first kappa shape index (κ1) is 8.04. The molecule has 1 atom stereocenters. The smallest absolute Gasteiger partial charge is 0.347 e. The maximum atomic E-state index is 10.9. The van der Waals surface area contributed by atoms with E-state index in [0.29, 0.717) is 19.4 Å². The van der Waals surface area contributed by atoms with Gasteiger partial charge >= 0.3 is 11.9 Å². The third-order valence-corrected chi connectivity index (χ3v) is 1.43. The molecule has 1 aliphatic heterocycles. The van der Waals surface area contributed by atoms with E-state index in [-0.39, 0.29) is 5.97 Å². The maximum Gasteiger partial charge on any atom is 0.347 e. The first-order valence-corrected chi connectivity index (χ1v) is 3.60. The highest BCUT2D eigenvalue weighted by Crippen LogP contribution is 2.14. The molecule has 0 amide bonds. The molecule has 1 rings (SSSR count). The monoisotopic (exact) mass is 158 g/mol. The quantitative estimate of drug-likeness (QED) is 0.541. The van der Waals surface area contributed by atoms with Gasteiger partial charge in [-0.25, -0.2) is 4.79 Å². The van der Waals surface area contributed by atoms with Gasteiger partial charge in [-0.3, -0.25) is 4.79 Å². The number of rotatable bonds is 2. The van der Waals surface area contributed by atoms with E-state index < -0.39 is 12.1 Å². The second-order valence-electron chi connectivity index (χ2n) is 2.27. The van der Waals surface area contributed by atoms with Crippen LogP contribution in [0.1, 0.15) is 19.8 Å². The van der Waals surface area contributed by atoms with E-state index in [0.717, 1.165) is 0 Å². The van der Waals surface area contributed by atoms with Crippen molar-refractivity contribution in [1.29, 1.82) is 0 Å². The standard InChI is InChI=1S/C7H10O4/c1-2-10-7(9)5-3-4-6(8)11-5/h5H,2-4H2,1H3/t5-/m0/s1. The number of carbonyl (C=O) groups is 2. The van der Waals surface area contributed by atoms with Crippen LogP contribution in [0, 0.1) is 0 Å². The lowest BCUT2D eigenvalue weighted by molar-refractivity contribution is -0.161. The molecule has 62 valence electrons. The summed E-state index contributed by atoms with van der Waals surface area (Å²) >= 11 is 0. The topological polar surface area (TPSA) is 52.6 Å². The fourth-order valence-electron chi connectivity index (χ4n) is 0.927. The van der Waals surface area contributed by atoms with E-state index in [1.807, 2.05) is 0 Å². The zero-order chi connectivity index (χ0) is 8.27. The Morgan fingerprint density at radius 1 is 1.82 bits per heavy atom. The van der Waals surface area contributed by atoms with Crippen LogP contribution >= 0.6 is 0 Å². The van der Waals surface area contributed by atoms with Crippen molar-refractivity contribution < 1.29 is 19.1 Å². The molecule has 4 heteroatoms. The second kappa shape index (κ2) is 3.37. The van der Waals surface area contributed by atoms with Gasteiger partial charge in [0.25, 0.3) is 0 Å². The molecular weight excluding hydrogens is 148 g/mol. The lowest BCUT2D eigenvalue weighted by Gasteiger charge is -2.06. The Morgan fingerprint density at radius 3 is 3.00 bits per heavy atom. The number of carbonyl (C=O) groups excluding carboxylic acids is 2. The van der Waals surface area contributed by atoms with E-state index in [2.05, 4.69) is 9.47 Å². The molecular formula is C7H10O4. The molecule has 0 aromatic rings. The summed E-state index contributed by atoms with van der Waals surface area (Å²) in [5.74, 6) is -0.749. The summed E-state index contributed by atoms with van der Waals surface area (Å²) in [5.41, 5.74) is 0. The van der Waals surface area contributed by atoms with Crippen LogP contribution in [0.3, 0.4) is 0 Å². The number of cyclic esters (lactones) is 1. The largest absolute Gasteiger partial charge is 0.463 e. The van der Waals surface area contributed by atoms with Gasteiger partial charge in [-0.15, -0.1) is 0 Å². The van der Waals surface area contributed by atoms with Crippen molar-refractivity contribution in [2.24, 2.45) is 0 Å². The van der Waals surface area contributed by atoms with Crippen molar-refractivity contribution in [1.82, 2.24) is 0 Å². The van der Waals surface area contributed by atoms with Gasteiger partial charge < -0.3 is 9.47 Å². The average molecular weight is 158 g/mol. The van der Waals surface area contributed by atoms with Crippen molar-refractivity contribution in [3.05, 3.63) is 0 Å². The Kier molecular flexibility index (Phi) is 2.46. The van der Waals surface area contributed by atoms with Crippen LogP contribution < -0.4 is 0 Å². The summed E-state index contributed by atoms with van der Waals surface area (Å²) in [4.78, 5) is 21.4. The zero-order valence-electron chi connectivity index (χ0n) is 6.33. The van der Waals surface area contributed by atoms with Gasteiger partial charge in [0, 0.05) is 12.8 Å². The molecule has 0 N–H and O–H groups in total. The molecule has 0 aromatic heterocycles. The number of esters is 2. The lowest BCUT2D eigenvalue weighted by atomic mass is 10.2. The Hall–Kier alpha value is -1.06. The SMILES string of the molecule is CCOC(=O)[C@@H]1CCC(=O)O1. The highest BCUT2D eigenvalue weighted by molar-refractivity contribution is 5.82. The summed E-state index contributed by atoms with van der Waals surface area (Å²) < 4.78 is 9.32. The van der Waals surface area contributed by atoms with Crippen LogP contribution in [0.2, 0.25) is 0 Å². The van der Waals surface area contributed by atoms with Crippen LogP contribution in [-0.2, 0) is 19.1 Å². The Morgan fingerprint density at radius 2 is 2.55 bits per heavy atom. The predicted octanol–water partition coefficient (Wildman–Crippen LogP) is 0.255. The number of ether oxygens (including phenoxy) is 2. The van der Waals surface area contributed by atoms with Crippen LogP contribution in [0.15, 0.2) is 0 Å². The zero-order valence-corrected chi connectivity index (χ0v) is 6.33. The van der Waals surface area contributed by atoms with Crippen molar-refractivity contribution >= 4 is 11.9 Å². The summed E-state index contributed by atoms with van der Waals surface area (Å²) in [6.07, 6.45) is 0.128. The van der Waals surface area contributed by atoms with Gasteiger partial charge in [0.2, 0.25) is 0 Å². The predicted molar refractivity (Wildman–Crippen MR) is 35.7 cm³/mol.